The Labute approximate surface area is 101 Å². The predicted octanol–water partition coefficient (Wildman–Crippen LogP) is 0.579. The van der Waals surface area contributed by atoms with Crippen LogP contribution in [0.4, 0.5) is 0 Å². The van der Waals surface area contributed by atoms with Crippen LogP contribution in [-0.2, 0) is 7.05 Å². The van der Waals surface area contributed by atoms with Crippen LogP contribution in [0.15, 0.2) is 33.9 Å². The monoisotopic (exact) mass is 252 g/mol. The van der Waals surface area contributed by atoms with Crippen LogP contribution in [0.5, 0.6) is 0 Å². The smallest absolute Gasteiger partial charge is 0.271 e. The molecular formula is C11H9ClN2O3. The fraction of sp³-hybridized carbons (Fsp3) is 0.182. The average Bonchev–Trinajstić information content (AvgIpc) is 2.36. The van der Waals surface area contributed by atoms with Crippen LogP contribution in [0.25, 0.3) is 10.8 Å². The van der Waals surface area contributed by atoms with E-state index in [0.717, 1.165) is 9.36 Å². The van der Waals surface area contributed by atoms with Crippen molar-refractivity contribution in [3.05, 3.63) is 45.0 Å². The van der Waals surface area contributed by atoms with Gasteiger partial charge in [0, 0.05) is 7.05 Å². The highest BCUT2D eigenvalue weighted by Crippen LogP contribution is 2.03. The zero-order valence-electron chi connectivity index (χ0n) is 9.01. The van der Waals surface area contributed by atoms with Crippen LogP contribution in [0.3, 0.4) is 0 Å². The minimum atomic E-state index is -0.623. The maximum atomic E-state index is 12.0. The summed E-state index contributed by atoms with van der Waals surface area (Å²) >= 11 is 5.41. The Hall–Kier alpha value is -1.88. The molecule has 0 N–H and O–H groups in total. The van der Waals surface area contributed by atoms with E-state index in [4.69, 9.17) is 11.6 Å². The fourth-order valence-electron chi connectivity index (χ4n) is 1.71. The summed E-state index contributed by atoms with van der Waals surface area (Å²) in [4.78, 5) is 35.5. The van der Waals surface area contributed by atoms with E-state index in [9.17, 15) is 14.4 Å². The number of nitrogens with zero attached hydrogens (tertiary/aromatic N) is 2. The van der Waals surface area contributed by atoms with Crippen LogP contribution in [0, 0.1) is 0 Å². The van der Waals surface area contributed by atoms with Gasteiger partial charge >= 0.3 is 0 Å². The van der Waals surface area contributed by atoms with Crippen molar-refractivity contribution in [1.29, 1.82) is 0 Å². The topological polar surface area (TPSA) is 61.1 Å². The summed E-state index contributed by atoms with van der Waals surface area (Å²) in [6.45, 7) is 0. The molecule has 2 aromatic rings. The first kappa shape index (κ1) is 11.6. The molecule has 0 atom stereocenters. The van der Waals surface area contributed by atoms with Crippen molar-refractivity contribution in [2.75, 3.05) is 5.88 Å². The molecule has 0 amide bonds. The molecule has 0 unspecified atom stereocenters. The molecule has 0 fully saturated rings. The van der Waals surface area contributed by atoms with Crippen molar-refractivity contribution in [2.24, 2.45) is 7.05 Å². The molecule has 0 aliphatic heterocycles. The van der Waals surface area contributed by atoms with Gasteiger partial charge in [0.05, 0.1) is 10.8 Å². The van der Waals surface area contributed by atoms with Crippen molar-refractivity contribution in [2.45, 2.75) is 0 Å². The van der Waals surface area contributed by atoms with Gasteiger partial charge in [-0.2, -0.15) is 4.68 Å². The molecule has 0 aliphatic rings. The second-order valence-corrected chi connectivity index (χ2v) is 3.79. The van der Waals surface area contributed by atoms with Crippen LogP contribution in [0.1, 0.15) is 4.79 Å². The first-order valence-corrected chi connectivity index (χ1v) is 5.41. The van der Waals surface area contributed by atoms with Gasteiger partial charge in [0.25, 0.3) is 17.0 Å². The number of benzene rings is 1. The quantitative estimate of drug-likeness (QED) is 0.698. The van der Waals surface area contributed by atoms with Crippen LogP contribution in [0.2, 0.25) is 0 Å². The summed E-state index contributed by atoms with van der Waals surface area (Å²) in [6, 6.07) is 6.36. The fourth-order valence-corrected chi connectivity index (χ4v) is 1.82. The van der Waals surface area contributed by atoms with Gasteiger partial charge in [-0.05, 0) is 12.1 Å². The number of aromatic nitrogens is 2. The lowest BCUT2D eigenvalue weighted by atomic mass is 10.2. The standard InChI is InChI=1S/C11H9ClN2O3/c1-13-10(16)7-4-2-3-5-8(7)11(17)14(13)9(15)6-12/h2-5H,6H2,1H3. The number of hydrogen-bond acceptors (Lipinski definition) is 3. The molecule has 2 rings (SSSR count). The van der Waals surface area contributed by atoms with E-state index < -0.39 is 17.0 Å². The third kappa shape index (κ3) is 1.68. The largest absolute Gasteiger partial charge is 0.280 e. The van der Waals surface area contributed by atoms with Crippen molar-refractivity contribution in [3.8, 4) is 0 Å². The highest BCUT2D eigenvalue weighted by molar-refractivity contribution is 6.27. The molecule has 88 valence electrons. The number of fused-ring (bicyclic) bond motifs is 1. The molecule has 0 aliphatic carbocycles. The number of rotatable bonds is 1. The van der Waals surface area contributed by atoms with Gasteiger partial charge in [-0.25, -0.2) is 4.68 Å². The lowest BCUT2D eigenvalue weighted by Crippen LogP contribution is -2.41. The predicted molar refractivity (Wildman–Crippen MR) is 64.8 cm³/mol. The number of carbonyl (C=O) groups is 1. The zero-order valence-corrected chi connectivity index (χ0v) is 9.77. The van der Waals surface area contributed by atoms with Crippen molar-refractivity contribution in [1.82, 2.24) is 9.36 Å². The number of hydrogen-bond donors (Lipinski definition) is 0. The molecule has 0 bridgehead atoms. The molecule has 5 nitrogen and oxygen atoms in total. The highest BCUT2D eigenvalue weighted by Gasteiger charge is 2.14. The number of carbonyl (C=O) groups excluding carboxylic acids is 1. The molecular weight excluding hydrogens is 244 g/mol. The van der Waals surface area contributed by atoms with Gasteiger partial charge in [-0.3, -0.25) is 14.4 Å². The van der Waals surface area contributed by atoms with E-state index in [2.05, 4.69) is 0 Å². The van der Waals surface area contributed by atoms with E-state index in [1.807, 2.05) is 0 Å². The molecule has 1 aromatic heterocycles. The normalized spacial score (nSPS) is 10.7. The highest BCUT2D eigenvalue weighted by atomic mass is 35.5. The van der Waals surface area contributed by atoms with Crippen LogP contribution >= 0.6 is 11.6 Å². The minimum absolute atomic E-state index is 0.217. The van der Waals surface area contributed by atoms with Crippen LogP contribution < -0.4 is 11.1 Å². The van der Waals surface area contributed by atoms with Gasteiger partial charge in [0.1, 0.15) is 5.88 Å². The lowest BCUT2D eigenvalue weighted by Gasteiger charge is -2.09. The first-order chi connectivity index (χ1) is 8.07. The van der Waals surface area contributed by atoms with E-state index >= 15 is 0 Å². The second kappa shape index (κ2) is 4.18. The SMILES string of the molecule is Cn1c(=O)c2ccccc2c(=O)n1C(=O)CCl. The van der Waals surface area contributed by atoms with Crippen LogP contribution in [-0.4, -0.2) is 21.2 Å². The van der Waals surface area contributed by atoms with Crippen molar-refractivity contribution in [3.63, 3.8) is 0 Å². The Morgan fingerprint density at radius 1 is 1.18 bits per heavy atom. The van der Waals surface area contributed by atoms with E-state index in [1.165, 1.54) is 13.1 Å². The molecule has 0 saturated heterocycles. The molecule has 1 aromatic carbocycles. The van der Waals surface area contributed by atoms with Gasteiger partial charge in [0.15, 0.2) is 0 Å². The first-order valence-electron chi connectivity index (χ1n) is 4.88. The molecule has 0 spiro atoms. The van der Waals surface area contributed by atoms with E-state index in [-0.39, 0.29) is 11.3 Å². The molecule has 6 heteroatoms. The minimum Gasteiger partial charge on any atom is -0.271 e. The Balaban J connectivity index is 3.02. The Kier molecular flexibility index (Phi) is 2.85. The summed E-state index contributed by atoms with van der Waals surface area (Å²) in [5.74, 6) is -0.979. The Morgan fingerprint density at radius 2 is 1.71 bits per heavy atom. The summed E-state index contributed by atoms with van der Waals surface area (Å²) in [7, 11) is 1.36. The molecule has 17 heavy (non-hydrogen) atoms. The summed E-state index contributed by atoms with van der Waals surface area (Å²) in [6.07, 6.45) is 0. The second-order valence-electron chi connectivity index (χ2n) is 3.52. The summed E-state index contributed by atoms with van der Waals surface area (Å²) in [5, 5.41) is 0.507. The maximum Gasteiger partial charge on any atom is 0.280 e. The Morgan fingerprint density at radius 3 is 2.24 bits per heavy atom. The summed E-state index contributed by atoms with van der Waals surface area (Å²) < 4.78 is 1.74. The van der Waals surface area contributed by atoms with Gasteiger partial charge in [-0.15, -0.1) is 11.6 Å². The lowest BCUT2D eigenvalue weighted by molar-refractivity contribution is 0.0902. The van der Waals surface area contributed by atoms with Gasteiger partial charge < -0.3 is 0 Å². The third-order valence-corrected chi connectivity index (χ3v) is 2.75. The Bertz CT molecular complexity index is 715. The summed E-state index contributed by atoms with van der Waals surface area (Å²) in [5.41, 5.74) is -0.938. The molecule has 0 radical (unpaired) electrons. The number of alkyl halides is 1. The van der Waals surface area contributed by atoms with E-state index in [1.54, 1.807) is 18.2 Å². The molecule has 1 heterocycles. The third-order valence-electron chi connectivity index (χ3n) is 2.52. The van der Waals surface area contributed by atoms with Gasteiger partial charge in [0.2, 0.25) is 0 Å². The molecule has 0 saturated carbocycles. The number of halogens is 1. The average molecular weight is 253 g/mol. The maximum absolute atomic E-state index is 12.0. The van der Waals surface area contributed by atoms with Crippen molar-refractivity contribution < 1.29 is 4.79 Å². The van der Waals surface area contributed by atoms with E-state index in [0.29, 0.717) is 5.39 Å². The van der Waals surface area contributed by atoms with Gasteiger partial charge in [-0.1, -0.05) is 12.1 Å². The zero-order chi connectivity index (χ0) is 12.6. The van der Waals surface area contributed by atoms with Crippen molar-refractivity contribution >= 4 is 28.3 Å².